The zero-order valence-corrected chi connectivity index (χ0v) is 12.3. The Kier molecular flexibility index (Phi) is 4.00. The van der Waals surface area contributed by atoms with Gasteiger partial charge in [-0.15, -0.1) is 0 Å². The molecule has 0 saturated heterocycles. The standard InChI is InChI=1S/C16H13ClN4O/c17-12-4-5-13(19-9-12)14-7-15(22)21-16(20-14)11-3-1-2-10(6-11)8-18/h1-7,9H,8,18H2,(H,20,21,22). The molecule has 0 fully saturated rings. The summed E-state index contributed by atoms with van der Waals surface area (Å²) < 4.78 is 0. The molecule has 0 aliphatic heterocycles. The van der Waals surface area contributed by atoms with Gasteiger partial charge >= 0.3 is 0 Å². The van der Waals surface area contributed by atoms with Crippen LogP contribution < -0.4 is 11.3 Å². The third-order valence-electron chi connectivity index (χ3n) is 3.17. The highest BCUT2D eigenvalue weighted by Crippen LogP contribution is 2.20. The number of aromatic amines is 1. The monoisotopic (exact) mass is 312 g/mol. The molecule has 22 heavy (non-hydrogen) atoms. The molecule has 0 aliphatic rings. The molecule has 2 heterocycles. The largest absolute Gasteiger partial charge is 0.326 e. The SMILES string of the molecule is NCc1cccc(-c2nc(-c3ccc(Cl)cn3)cc(=O)[nH]2)c1. The van der Waals surface area contributed by atoms with Gasteiger partial charge in [0.15, 0.2) is 0 Å². The van der Waals surface area contributed by atoms with E-state index in [1.165, 1.54) is 12.3 Å². The van der Waals surface area contributed by atoms with Crippen LogP contribution in [0.15, 0.2) is 53.5 Å². The fourth-order valence-corrected chi connectivity index (χ4v) is 2.21. The van der Waals surface area contributed by atoms with Gasteiger partial charge in [-0.1, -0.05) is 29.8 Å². The Bertz CT molecular complexity index is 859. The molecule has 6 heteroatoms. The Labute approximate surface area is 131 Å². The second-order valence-electron chi connectivity index (χ2n) is 4.75. The molecule has 0 radical (unpaired) electrons. The van der Waals surface area contributed by atoms with Gasteiger partial charge in [0, 0.05) is 24.4 Å². The number of H-pyrrole nitrogens is 1. The smallest absolute Gasteiger partial charge is 0.251 e. The molecule has 3 aromatic rings. The second kappa shape index (κ2) is 6.09. The van der Waals surface area contributed by atoms with Crippen LogP contribution in [-0.2, 0) is 6.54 Å². The van der Waals surface area contributed by atoms with Crippen LogP contribution in [0.2, 0.25) is 5.02 Å². The van der Waals surface area contributed by atoms with Gasteiger partial charge in [0.2, 0.25) is 0 Å². The number of pyridine rings is 1. The van der Waals surface area contributed by atoms with Crippen molar-refractivity contribution in [2.75, 3.05) is 0 Å². The molecule has 0 amide bonds. The Morgan fingerprint density at radius 1 is 1.14 bits per heavy atom. The van der Waals surface area contributed by atoms with Crippen LogP contribution in [0, 0.1) is 0 Å². The molecule has 110 valence electrons. The highest BCUT2D eigenvalue weighted by molar-refractivity contribution is 6.30. The number of rotatable bonds is 3. The summed E-state index contributed by atoms with van der Waals surface area (Å²) in [4.78, 5) is 23.3. The van der Waals surface area contributed by atoms with E-state index in [0.717, 1.165) is 11.1 Å². The summed E-state index contributed by atoms with van der Waals surface area (Å²) in [6, 6.07) is 12.4. The summed E-state index contributed by atoms with van der Waals surface area (Å²) in [5, 5.41) is 0.532. The van der Waals surface area contributed by atoms with Crippen molar-refractivity contribution < 1.29 is 0 Å². The molecule has 2 aromatic heterocycles. The van der Waals surface area contributed by atoms with Crippen LogP contribution in [-0.4, -0.2) is 15.0 Å². The number of nitrogens with two attached hydrogens (primary N) is 1. The highest BCUT2D eigenvalue weighted by Gasteiger charge is 2.07. The molecule has 0 atom stereocenters. The van der Waals surface area contributed by atoms with Gasteiger partial charge in [-0.05, 0) is 23.8 Å². The van der Waals surface area contributed by atoms with Crippen molar-refractivity contribution in [1.82, 2.24) is 15.0 Å². The van der Waals surface area contributed by atoms with E-state index in [-0.39, 0.29) is 5.56 Å². The minimum absolute atomic E-state index is 0.241. The lowest BCUT2D eigenvalue weighted by atomic mass is 10.1. The van der Waals surface area contributed by atoms with Gasteiger partial charge in [0.1, 0.15) is 5.82 Å². The molecule has 5 nitrogen and oxygen atoms in total. The van der Waals surface area contributed by atoms with Gasteiger partial charge in [-0.25, -0.2) is 4.98 Å². The minimum atomic E-state index is -0.241. The fraction of sp³-hybridized carbons (Fsp3) is 0.0625. The van der Waals surface area contributed by atoms with Crippen molar-refractivity contribution in [2.24, 2.45) is 5.73 Å². The zero-order valence-electron chi connectivity index (χ0n) is 11.6. The number of benzene rings is 1. The number of hydrogen-bond acceptors (Lipinski definition) is 4. The fourth-order valence-electron chi connectivity index (χ4n) is 2.10. The first kappa shape index (κ1) is 14.4. The Balaban J connectivity index is 2.10. The second-order valence-corrected chi connectivity index (χ2v) is 5.18. The van der Waals surface area contributed by atoms with Crippen LogP contribution >= 0.6 is 11.6 Å². The first-order valence-electron chi connectivity index (χ1n) is 6.68. The van der Waals surface area contributed by atoms with E-state index in [1.54, 1.807) is 12.1 Å². The summed E-state index contributed by atoms with van der Waals surface area (Å²) in [6.45, 7) is 0.427. The lowest BCUT2D eigenvalue weighted by Gasteiger charge is -2.06. The van der Waals surface area contributed by atoms with Crippen molar-refractivity contribution in [1.29, 1.82) is 0 Å². The summed E-state index contributed by atoms with van der Waals surface area (Å²) >= 11 is 5.83. The quantitative estimate of drug-likeness (QED) is 0.778. The van der Waals surface area contributed by atoms with E-state index in [1.807, 2.05) is 24.3 Å². The average Bonchev–Trinajstić information content (AvgIpc) is 2.55. The lowest BCUT2D eigenvalue weighted by molar-refractivity contribution is 1.06. The van der Waals surface area contributed by atoms with Gasteiger partial charge in [0.05, 0.1) is 16.4 Å². The predicted octanol–water partition coefficient (Wildman–Crippen LogP) is 2.61. The van der Waals surface area contributed by atoms with Gasteiger partial charge < -0.3 is 10.7 Å². The number of hydrogen-bond donors (Lipinski definition) is 2. The maximum Gasteiger partial charge on any atom is 0.251 e. The van der Waals surface area contributed by atoms with Gasteiger partial charge in [-0.3, -0.25) is 9.78 Å². The normalized spacial score (nSPS) is 10.6. The molecular formula is C16H13ClN4O. The zero-order chi connectivity index (χ0) is 15.5. The lowest BCUT2D eigenvalue weighted by Crippen LogP contribution is -2.09. The maximum atomic E-state index is 11.9. The van der Waals surface area contributed by atoms with Crippen molar-refractivity contribution in [3.63, 3.8) is 0 Å². The third kappa shape index (κ3) is 3.05. The predicted molar refractivity (Wildman–Crippen MR) is 86.4 cm³/mol. The molecule has 3 N–H and O–H groups in total. The third-order valence-corrected chi connectivity index (χ3v) is 3.39. The van der Waals surface area contributed by atoms with E-state index in [9.17, 15) is 4.79 Å². The van der Waals surface area contributed by atoms with Crippen LogP contribution in [0.3, 0.4) is 0 Å². The molecule has 1 aromatic carbocycles. The molecule has 0 saturated carbocycles. The average molecular weight is 313 g/mol. The van der Waals surface area contributed by atoms with Crippen molar-refractivity contribution in [2.45, 2.75) is 6.54 Å². The number of halogens is 1. The summed E-state index contributed by atoms with van der Waals surface area (Å²) in [6.07, 6.45) is 1.52. The molecule has 3 rings (SSSR count). The summed E-state index contributed by atoms with van der Waals surface area (Å²) in [7, 11) is 0. The summed E-state index contributed by atoms with van der Waals surface area (Å²) in [5.41, 5.74) is 8.26. The minimum Gasteiger partial charge on any atom is -0.326 e. The first-order chi connectivity index (χ1) is 10.7. The van der Waals surface area contributed by atoms with E-state index >= 15 is 0 Å². The van der Waals surface area contributed by atoms with E-state index < -0.39 is 0 Å². The van der Waals surface area contributed by atoms with Crippen molar-refractivity contribution >= 4 is 11.6 Å². The number of nitrogens with one attached hydrogen (secondary N) is 1. The molecular weight excluding hydrogens is 300 g/mol. The number of nitrogens with zero attached hydrogens (tertiary/aromatic N) is 2. The van der Waals surface area contributed by atoms with Crippen LogP contribution in [0.4, 0.5) is 0 Å². The van der Waals surface area contributed by atoms with Gasteiger partial charge in [-0.2, -0.15) is 0 Å². The Morgan fingerprint density at radius 2 is 2.00 bits per heavy atom. The van der Waals surface area contributed by atoms with Gasteiger partial charge in [0.25, 0.3) is 5.56 Å². The Morgan fingerprint density at radius 3 is 2.73 bits per heavy atom. The maximum absolute atomic E-state index is 11.9. The molecule has 0 spiro atoms. The molecule has 0 aliphatic carbocycles. The Hall–Kier alpha value is -2.50. The molecule has 0 bridgehead atoms. The first-order valence-corrected chi connectivity index (χ1v) is 7.06. The van der Waals surface area contributed by atoms with E-state index in [4.69, 9.17) is 17.3 Å². The highest BCUT2D eigenvalue weighted by atomic mass is 35.5. The number of aromatic nitrogens is 3. The van der Waals surface area contributed by atoms with Crippen LogP contribution in [0.1, 0.15) is 5.56 Å². The topological polar surface area (TPSA) is 84.7 Å². The van der Waals surface area contributed by atoms with Crippen LogP contribution in [0.25, 0.3) is 22.8 Å². The van der Waals surface area contributed by atoms with Crippen LogP contribution in [0.5, 0.6) is 0 Å². The van der Waals surface area contributed by atoms with Crippen molar-refractivity contribution in [3.8, 4) is 22.8 Å². The van der Waals surface area contributed by atoms with E-state index in [0.29, 0.717) is 28.8 Å². The van der Waals surface area contributed by atoms with Crippen molar-refractivity contribution in [3.05, 3.63) is 69.6 Å². The van der Waals surface area contributed by atoms with E-state index in [2.05, 4.69) is 15.0 Å². The summed E-state index contributed by atoms with van der Waals surface area (Å²) in [5.74, 6) is 0.481. The molecule has 0 unspecified atom stereocenters.